The average Bonchev–Trinajstić information content (AvgIpc) is 3.10. The van der Waals surface area contributed by atoms with E-state index in [1.54, 1.807) is 11.3 Å². The van der Waals surface area contributed by atoms with Crippen molar-refractivity contribution >= 4 is 27.3 Å². The second-order valence-electron chi connectivity index (χ2n) is 4.69. The number of nitrogens with one attached hydrogen (secondary N) is 1. The molecule has 1 aromatic carbocycles. The van der Waals surface area contributed by atoms with Crippen molar-refractivity contribution in [2.45, 2.75) is 32.4 Å². The van der Waals surface area contributed by atoms with Crippen LogP contribution in [0.5, 0.6) is 0 Å². The summed E-state index contributed by atoms with van der Waals surface area (Å²) in [6.07, 6.45) is 2.66. The molecule has 0 atom stereocenters. The number of benzene rings is 1. The Morgan fingerprint density at radius 1 is 1.44 bits per heavy atom. The SMILES string of the molecule is Cc1nc(-c2cccc(Br)c2)sc1CNC1CC1. The summed E-state index contributed by atoms with van der Waals surface area (Å²) in [6.45, 7) is 3.06. The zero-order valence-electron chi connectivity index (χ0n) is 10.2. The minimum absolute atomic E-state index is 0.751. The van der Waals surface area contributed by atoms with Crippen LogP contribution >= 0.6 is 27.3 Å². The maximum absolute atomic E-state index is 4.68. The molecular formula is C14H15BrN2S. The van der Waals surface area contributed by atoms with Gasteiger partial charge in [-0.25, -0.2) is 4.98 Å². The van der Waals surface area contributed by atoms with E-state index in [4.69, 9.17) is 0 Å². The Bertz CT molecular complexity index is 561. The second-order valence-corrected chi connectivity index (χ2v) is 6.69. The van der Waals surface area contributed by atoms with Crippen molar-refractivity contribution in [1.29, 1.82) is 0 Å². The van der Waals surface area contributed by atoms with Crippen LogP contribution in [0.15, 0.2) is 28.7 Å². The molecule has 1 aromatic heterocycles. The van der Waals surface area contributed by atoms with Gasteiger partial charge in [-0.3, -0.25) is 0 Å². The summed E-state index contributed by atoms with van der Waals surface area (Å²) >= 11 is 5.30. The van der Waals surface area contributed by atoms with E-state index in [0.717, 1.165) is 27.8 Å². The van der Waals surface area contributed by atoms with E-state index in [0.29, 0.717) is 0 Å². The summed E-state index contributed by atoms with van der Waals surface area (Å²) in [4.78, 5) is 6.04. The lowest BCUT2D eigenvalue weighted by Gasteiger charge is -1.99. The fourth-order valence-electron chi connectivity index (χ4n) is 1.86. The van der Waals surface area contributed by atoms with E-state index >= 15 is 0 Å². The second kappa shape index (κ2) is 5.11. The summed E-state index contributed by atoms with van der Waals surface area (Å²) < 4.78 is 1.10. The molecule has 0 bridgehead atoms. The molecule has 3 rings (SSSR count). The van der Waals surface area contributed by atoms with Crippen molar-refractivity contribution in [3.8, 4) is 10.6 Å². The highest BCUT2D eigenvalue weighted by Crippen LogP contribution is 2.30. The van der Waals surface area contributed by atoms with E-state index in [-0.39, 0.29) is 0 Å². The summed E-state index contributed by atoms with van der Waals surface area (Å²) in [5.74, 6) is 0. The van der Waals surface area contributed by atoms with Crippen LogP contribution in [0.1, 0.15) is 23.4 Å². The number of hydrogen-bond acceptors (Lipinski definition) is 3. The summed E-state index contributed by atoms with van der Waals surface area (Å²) in [7, 11) is 0. The zero-order chi connectivity index (χ0) is 12.5. The molecule has 0 spiro atoms. The highest BCUT2D eigenvalue weighted by atomic mass is 79.9. The molecule has 1 aliphatic rings. The van der Waals surface area contributed by atoms with Crippen LogP contribution in [-0.4, -0.2) is 11.0 Å². The van der Waals surface area contributed by atoms with E-state index in [1.165, 1.54) is 23.3 Å². The van der Waals surface area contributed by atoms with Gasteiger partial charge in [0, 0.05) is 27.5 Å². The monoisotopic (exact) mass is 322 g/mol. The van der Waals surface area contributed by atoms with Gasteiger partial charge in [-0.1, -0.05) is 28.1 Å². The van der Waals surface area contributed by atoms with E-state index in [2.05, 4.69) is 51.4 Å². The third-order valence-electron chi connectivity index (χ3n) is 3.09. The normalized spacial score (nSPS) is 15.0. The molecule has 4 heteroatoms. The molecule has 0 radical (unpaired) electrons. The lowest BCUT2D eigenvalue weighted by molar-refractivity contribution is 0.691. The molecular weight excluding hydrogens is 308 g/mol. The standard InChI is InChI=1S/C14H15BrN2S/c1-9-13(8-16-12-5-6-12)18-14(17-9)10-3-2-4-11(15)7-10/h2-4,7,12,16H,5-6,8H2,1H3. The maximum atomic E-state index is 4.68. The fourth-order valence-corrected chi connectivity index (χ4v) is 3.27. The van der Waals surface area contributed by atoms with Gasteiger partial charge in [-0.2, -0.15) is 0 Å². The first-order chi connectivity index (χ1) is 8.72. The Balaban J connectivity index is 1.82. The topological polar surface area (TPSA) is 24.9 Å². The van der Waals surface area contributed by atoms with E-state index in [9.17, 15) is 0 Å². The number of halogens is 1. The summed E-state index contributed by atoms with van der Waals surface area (Å²) in [5.41, 5.74) is 2.35. The third-order valence-corrected chi connectivity index (χ3v) is 4.79. The first-order valence-electron chi connectivity index (χ1n) is 6.18. The minimum atomic E-state index is 0.751. The van der Waals surface area contributed by atoms with Crippen molar-refractivity contribution < 1.29 is 0 Å². The molecule has 1 fully saturated rings. The van der Waals surface area contributed by atoms with Crippen molar-refractivity contribution in [2.75, 3.05) is 0 Å². The first kappa shape index (κ1) is 12.3. The molecule has 2 aromatic rings. The van der Waals surface area contributed by atoms with Crippen LogP contribution in [0.25, 0.3) is 10.6 Å². The van der Waals surface area contributed by atoms with Crippen molar-refractivity contribution in [3.63, 3.8) is 0 Å². The molecule has 1 saturated carbocycles. The highest BCUT2D eigenvalue weighted by Gasteiger charge is 2.21. The zero-order valence-corrected chi connectivity index (χ0v) is 12.6. The third kappa shape index (κ3) is 2.82. The van der Waals surface area contributed by atoms with Crippen LogP contribution in [0.4, 0.5) is 0 Å². The largest absolute Gasteiger partial charge is 0.309 e. The van der Waals surface area contributed by atoms with Gasteiger partial charge < -0.3 is 5.32 Å². The smallest absolute Gasteiger partial charge is 0.123 e. The lowest BCUT2D eigenvalue weighted by Crippen LogP contribution is -2.14. The molecule has 1 heterocycles. The van der Waals surface area contributed by atoms with Gasteiger partial charge in [0.2, 0.25) is 0 Å². The molecule has 18 heavy (non-hydrogen) atoms. The van der Waals surface area contributed by atoms with E-state index < -0.39 is 0 Å². The van der Waals surface area contributed by atoms with Crippen LogP contribution < -0.4 is 5.32 Å². The van der Waals surface area contributed by atoms with Crippen molar-refractivity contribution in [3.05, 3.63) is 39.3 Å². The fraction of sp³-hybridized carbons (Fsp3) is 0.357. The molecule has 0 saturated heterocycles. The quantitative estimate of drug-likeness (QED) is 0.915. The molecule has 2 nitrogen and oxygen atoms in total. The Kier molecular flexibility index (Phi) is 3.50. The first-order valence-corrected chi connectivity index (χ1v) is 7.79. The van der Waals surface area contributed by atoms with Gasteiger partial charge in [-0.15, -0.1) is 11.3 Å². The molecule has 1 aliphatic carbocycles. The average molecular weight is 323 g/mol. The Morgan fingerprint density at radius 2 is 2.28 bits per heavy atom. The molecule has 94 valence electrons. The molecule has 0 aliphatic heterocycles. The number of aryl methyl sites for hydroxylation is 1. The molecule has 0 unspecified atom stereocenters. The molecule has 0 amide bonds. The van der Waals surface area contributed by atoms with Gasteiger partial charge in [-0.05, 0) is 31.9 Å². The Morgan fingerprint density at radius 3 is 3.00 bits per heavy atom. The predicted molar refractivity (Wildman–Crippen MR) is 79.8 cm³/mol. The number of hydrogen-bond donors (Lipinski definition) is 1. The number of thiazole rings is 1. The Hall–Kier alpha value is -0.710. The lowest BCUT2D eigenvalue weighted by atomic mass is 10.2. The highest BCUT2D eigenvalue weighted by molar-refractivity contribution is 9.10. The van der Waals surface area contributed by atoms with Crippen LogP contribution in [0.3, 0.4) is 0 Å². The summed E-state index contributed by atoms with van der Waals surface area (Å²) in [5, 5.41) is 4.66. The van der Waals surface area contributed by atoms with Gasteiger partial charge in [0.15, 0.2) is 0 Å². The van der Waals surface area contributed by atoms with E-state index in [1.807, 2.05) is 6.07 Å². The number of nitrogens with zero attached hydrogens (tertiary/aromatic N) is 1. The van der Waals surface area contributed by atoms with Crippen LogP contribution in [0, 0.1) is 6.92 Å². The van der Waals surface area contributed by atoms with Gasteiger partial charge in [0.05, 0.1) is 5.69 Å². The van der Waals surface area contributed by atoms with Gasteiger partial charge in [0.25, 0.3) is 0 Å². The maximum Gasteiger partial charge on any atom is 0.123 e. The van der Waals surface area contributed by atoms with Crippen LogP contribution in [0.2, 0.25) is 0 Å². The van der Waals surface area contributed by atoms with Crippen molar-refractivity contribution in [1.82, 2.24) is 10.3 Å². The van der Waals surface area contributed by atoms with Crippen LogP contribution in [-0.2, 0) is 6.54 Å². The van der Waals surface area contributed by atoms with Gasteiger partial charge in [0.1, 0.15) is 5.01 Å². The number of aromatic nitrogens is 1. The van der Waals surface area contributed by atoms with Crippen molar-refractivity contribution in [2.24, 2.45) is 0 Å². The Labute approximate surface area is 120 Å². The number of rotatable bonds is 4. The predicted octanol–water partition coefficient (Wildman–Crippen LogP) is 4.13. The molecule has 1 N–H and O–H groups in total. The minimum Gasteiger partial charge on any atom is -0.309 e. The summed E-state index contributed by atoms with van der Waals surface area (Å²) in [6, 6.07) is 9.08. The van der Waals surface area contributed by atoms with Gasteiger partial charge >= 0.3 is 0 Å².